The van der Waals surface area contributed by atoms with E-state index in [0.717, 1.165) is 0 Å². The second-order valence-electron chi connectivity index (χ2n) is 10.1. The van der Waals surface area contributed by atoms with E-state index < -0.39 is 11.9 Å². The summed E-state index contributed by atoms with van der Waals surface area (Å²) < 4.78 is 11.3. The van der Waals surface area contributed by atoms with Gasteiger partial charge >= 0.3 is 11.9 Å². The molecule has 5 heterocycles. The molecule has 6 rings (SSSR count). The van der Waals surface area contributed by atoms with E-state index in [1.807, 2.05) is 121 Å². The summed E-state index contributed by atoms with van der Waals surface area (Å²) in [5.41, 5.74) is 1.14. The largest absolute Gasteiger partial charge is 0.464 e. The van der Waals surface area contributed by atoms with E-state index in [1.54, 1.807) is 0 Å². The summed E-state index contributed by atoms with van der Waals surface area (Å²) in [7, 11) is 9.91. The quantitative estimate of drug-likeness (QED) is 0.269. The molecule has 45 heavy (non-hydrogen) atoms. The number of nitrogens with zero attached hydrogens (tertiary/aromatic N) is 10. The number of ether oxygens (including phenoxy) is 2. The van der Waals surface area contributed by atoms with E-state index in [4.69, 9.17) is 24.4 Å². The highest BCUT2D eigenvalue weighted by Crippen LogP contribution is 2.40. The van der Waals surface area contributed by atoms with E-state index in [2.05, 4.69) is 10.3 Å². The first-order valence-corrected chi connectivity index (χ1v) is 13.8. The molecule has 0 aliphatic carbocycles. The van der Waals surface area contributed by atoms with Gasteiger partial charge in [-0.05, 0) is 48.5 Å². The molecule has 0 spiro atoms. The van der Waals surface area contributed by atoms with Gasteiger partial charge in [-0.25, -0.2) is 29.2 Å². The number of carbonyl (C=O) groups is 2. The Morgan fingerprint density at radius 1 is 0.556 bits per heavy atom. The molecule has 0 unspecified atom stereocenters. The van der Waals surface area contributed by atoms with Crippen molar-refractivity contribution < 1.29 is 19.1 Å². The molecule has 0 N–H and O–H groups in total. The van der Waals surface area contributed by atoms with Crippen molar-refractivity contribution in [3.8, 4) is 5.69 Å². The fourth-order valence-corrected chi connectivity index (χ4v) is 5.07. The van der Waals surface area contributed by atoms with Gasteiger partial charge in [0.2, 0.25) is 5.69 Å². The number of para-hydroxylation sites is 1. The predicted molar refractivity (Wildman–Crippen MR) is 169 cm³/mol. The molecule has 0 radical (unpaired) electrons. The Balaban J connectivity index is 1.67. The minimum absolute atomic E-state index is 0.193. The molecule has 1 aliphatic rings. The maximum Gasteiger partial charge on any atom is 0.361 e. The van der Waals surface area contributed by atoms with Crippen molar-refractivity contribution in [2.45, 2.75) is 0 Å². The van der Waals surface area contributed by atoms with Crippen molar-refractivity contribution in [3.05, 3.63) is 84.2 Å². The van der Waals surface area contributed by atoms with Crippen LogP contribution in [-0.2, 0) is 9.47 Å². The summed E-state index contributed by atoms with van der Waals surface area (Å²) in [4.78, 5) is 48.1. The Morgan fingerprint density at radius 3 is 1.33 bits per heavy atom. The molecule has 14 nitrogen and oxygen atoms in total. The molecule has 0 saturated heterocycles. The van der Waals surface area contributed by atoms with Crippen molar-refractivity contribution in [2.75, 3.05) is 62.0 Å². The number of fused-ring (bicyclic) bond motifs is 8. The highest BCUT2D eigenvalue weighted by molar-refractivity contribution is 6.01. The van der Waals surface area contributed by atoms with E-state index in [9.17, 15) is 9.59 Å². The molecule has 228 valence electrons. The number of hydrogen-bond acceptors (Lipinski definition) is 13. The van der Waals surface area contributed by atoms with Crippen molar-refractivity contribution in [1.82, 2.24) is 29.9 Å². The zero-order chi connectivity index (χ0) is 31.8. The van der Waals surface area contributed by atoms with Gasteiger partial charge in [0.1, 0.15) is 40.6 Å². The lowest BCUT2D eigenvalue weighted by molar-refractivity contribution is 0.0546. The van der Waals surface area contributed by atoms with Crippen LogP contribution in [0, 0.1) is 0 Å². The van der Waals surface area contributed by atoms with Gasteiger partial charge in [-0.15, -0.1) is 5.10 Å². The van der Waals surface area contributed by atoms with Crippen LogP contribution in [0.3, 0.4) is 0 Å². The number of pyridine rings is 3. The maximum atomic E-state index is 13.2. The summed E-state index contributed by atoms with van der Waals surface area (Å²) in [6.45, 7) is 0. The summed E-state index contributed by atoms with van der Waals surface area (Å²) in [6, 6.07) is 22.7. The van der Waals surface area contributed by atoms with Gasteiger partial charge in [0.15, 0.2) is 5.69 Å². The highest BCUT2D eigenvalue weighted by atomic mass is 16.5. The number of esters is 2. The number of anilines is 8. The lowest BCUT2D eigenvalue weighted by Gasteiger charge is -2.29. The second-order valence-corrected chi connectivity index (χ2v) is 10.1. The van der Waals surface area contributed by atoms with Gasteiger partial charge in [-0.2, -0.15) is 0 Å². The van der Waals surface area contributed by atoms with E-state index in [1.165, 1.54) is 18.9 Å². The van der Waals surface area contributed by atoms with Crippen LogP contribution < -0.4 is 19.6 Å². The smallest absolute Gasteiger partial charge is 0.361 e. The number of methoxy groups -OCH3 is 2. The molecule has 0 atom stereocenters. The summed E-state index contributed by atoms with van der Waals surface area (Å²) >= 11 is 0. The Morgan fingerprint density at radius 2 is 0.933 bits per heavy atom. The number of hydrogen-bond donors (Lipinski definition) is 0. The van der Waals surface area contributed by atoms with Crippen molar-refractivity contribution in [1.29, 1.82) is 0 Å². The minimum atomic E-state index is -0.830. The maximum absolute atomic E-state index is 13.2. The van der Waals surface area contributed by atoms with Gasteiger partial charge < -0.3 is 29.1 Å². The van der Waals surface area contributed by atoms with Gasteiger partial charge in [0.25, 0.3) is 0 Å². The molecule has 0 saturated carbocycles. The first-order chi connectivity index (χ1) is 21.7. The number of carbonyl (C=O) groups excluding carboxylic acids is 2. The summed E-state index contributed by atoms with van der Waals surface area (Å²) in [6.07, 6.45) is 0. The summed E-state index contributed by atoms with van der Waals surface area (Å²) in [5.74, 6) is 2.22. The molecule has 1 aliphatic heterocycles. The topological polar surface area (TPSA) is 135 Å². The van der Waals surface area contributed by atoms with Crippen LogP contribution in [0.15, 0.2) is 72.8 Å². The Kier molecular flexibility index (Phi) is 7.46. The van der Waals surface area contributed by atoms with Crippen LogP contribution >= 0.6 is 0 Å². The summed E-state index contributed by atoms with van der Waals surface area (Å²) in [5, 5.41) is 8.31. The SMILES string of the molecule is COC(=O)c1nnn(-c2c3cccc2N(C)c2cccc(n2)N(C)c2cccc(n2)N(C)c2cccc(n2)N3C)c1C(=O)OC. The number of aromatic nitrogens is 6. The van der Waals surface area contributed by atoms with Crippen LogP contribution in [-0.4, -0.2) is 84.3 Å². The van der Waals surface area contributed by atoms with Crippen molar-refractivity contribution in [3.63, 3.8) is 0 Å². The van der Waals surface area contributed by atoms with E-state index in [-0.39, 0.29) is 11.4 Å². The van der Waals surface area contributed by atoms with Gasteiger partial charge in [0.05, 0.1) is 25.6 Å². The van der Waals surface area contributed by atoms with Crippen LogP contribution in [0.5, 0.6) is 0 Å². The first kappa shape index (κ1) is 29.0. The van der Waals surface area contributed by atoms with Crippen molar-refractivity contribution >= 4 is 58.2 Å². The van der Waals surface area contributed by atoms with E-state index >= 15 is 0 Å². The van der Waals surface area contributed by atoms with Gasteiger partial charge in [0, 0.05) is 28.2 Å². The average molecular weight is 607 g/mol. The van der Waals surface area contributed by atoms with E-state index in [0.29, 0.717) is 52.0 Å². The van der Waals surface area contributed by atoms with Crippen LogP contribution in [0.2, 0.25) is 0 Å². The third kappa shape index (κ3) is 5.01. The lowest BCUT2D eigenvalue weighted by atomic mass is 10.1. The molecule has 8 bridgehead atoms. The fraction of sp³-hybridized carbons (Fsp3) is 0.194. The molecule has 4 aromatic heterocycles. The normalized spacial score (nSPS) is 12.7. The van der Waals surface area contributed by atoms with Gasteiger partial charge in [-0.1, -0.05) is 29.5 Å². The lowest BCUT2D eigenvalue weighted by Crippen LogP contribution is -2.23. The fourth-order valence-electron chi connectivity index (χ4n) is 5.07. The number of benzene rings is 1. The first-order valence-electron chi connectivity index (χ1n) is 13.8. The molecule has 5 aromatic rings. The molecular formula is C31H30N10O4. The monoisotopic (exact) mass is 606 g/mol. The predicted octanol–water partition coefficient (Wildman–Crippen LogP) is 4.41. The average Bonchev–Trinajstić information content (AvgIpc) is 3.54. The van der Waals surface area contributed by atoms with Crippen LogP contribution in [0.25, 0.3) is 5.69 Å². The molecular weight excluding hydrogens is 576 g/mol. The van der Waals surface area contributed by atoms with Gasteiger partial charge in [-0.3, -0.25) is 0 Å². The minimum Gasteiger partial charge on any atom is -0.464 e. The van der Waals surface area contributed by atoms with Crippen LogP contribution in [0.4, 0.5) is 46.3 Å². The number of rotatable bonds is 3. The molecule has 1 aromatic carbocycles. The van der Waals surface area contributed by atoms with Crippen LogP contribution in [0.1, 0.15) is 21.0 Å². The Labute approximate surface area is 259 Å². The molecule has 0 fully saturated rings. The standard InChI is InChI=1S/C31H30N10O4/c1-37-19-11-7-12-20(28(19)41-29(31(43)45-6)27(35-36-41)30(42)44-5)38(2)22-14-9-16-24(33-22)40(4)26-18-10-17-25(34-26)39(3)23-15-8-13-21(37)32-23/h7-18H,1-6H3. The molecule has 0 amide bonds. The third-order valence-electron chi connectivity index (χ3n) is 7.58. The zero-order valence-corrected chi connectivity index (χ0v) is 25.5. The third-order valence-corrected chi connectivity index (χ3v) is 7.58. The highest BCUT2D eigenvalue weighted by Gasteiger charge is 2.31. The second kappa shape index (κ2) is 11.6. The molecule has 14 heteroatoms. The van der Waals surface area contributed by atoms with Crippen molar-refractivity contribution in [2.24, 2.45) is 0 Å². The Hall–Kier alpha value is -6.05. The Bertz CT molecular complexity index is 1830. The zero-order valence-electron chi connectivity index (χ0n) is 25.5.